The first-order valence-corrected chi connectivity index (χ1v) is 12.6. The zero-order valence-electron chi connectivity index (χ0n) is 20.4. The van der Waals surface area contributed by atoms with Crippen LogP contribution in [0.5, 0.6) is 5.75 Å². The summed E-state index contributed by atoms with van der Waals surface area (Å²) in [6, 6.07) is 21.4. The first-order valence-electron chi connectivity index (χ1n) is 12.2. The maximum atomic E-state index is 12.3. The molecule has 182 valence electrons. The lowest BCUT2D eigenvalue weighted by atomic mass is 10.1. The number of benzene rings is 3. The number of carbonyl (C=O) groups excluding carboxylic acids is 1. The second kappa shape index (κ2) is 11.9. The second-order valence-electron chi connectivity index (χ2n) is 8.81. The van der Waals surface area contributed by atoms with Crippen LogP contribution in [0, 0.1) is 13.8 Å². The molecular weight excluding hydrogens is 458 g/mol. The average molecular weight is 490 g/mol. The molecular formula is C29H32ClN3O2. The van der Waals surface area contributed by atoms with Gasteiger partial charge < -0.3 is 14.6 Å². The van der Waals surface area contributed by atoms with Gasteiger partial charge in [0.25, 0.3) is 5.91 Å². The molecule has 0 spiro atoms. The van der Waals surface area contributed by atoms with E-state index in [4.69, 9.17) is 21.3 Å². The summed E-state index contributed by atoms with van der Waals surface area (Å²) in [6.45, 7) is 6.36. The van der Waals surface area contributed by atoms with E-state index >= 15 is 0 Å². The molecule has 0 aliphatic rings. The average Bonchev–Trinajstić information content (AvgIpc) is 3.21. The van der Waals surface area contributed by atoms with Crippen molar-refractivity contribution in [1.82, 2.24) is 14.9 Å². The summed E-state index contributed by atoms with van der Waals surface area (Å²) in [4.78, 5) is 17.2. The van der Waals surface area contributed by atoms with Crippen molar-refractivity contribution in [3.05, 3.63) is 94.3 Å². The van der Waals surface area contributed by atoms with Crippen LogP contribution in [0.25, 0.3) is 11.0 Å². The van der Waals surface area contributed by atoms with E-state index in [2.05, 4.69) is 60.1 Å². The number of halogens is 1. The van der Waals surface area contributed by atoms with Crippen LogP contribution in [0.4, 0.5) is 0 Å². The molecule has 0 radical (unpaired) electrons. The van der Waals surface area contributed by atoms with Gasteiger partial charge >= 0.3 is 0 Å². The van der Waals surface area contributed by atoms with E-state index < -0.39 is 0 Å². The molecule has 0 aliphatic heterocycles. The highest BCUT2D eigenvalue weighted by Gasteiger charge is 2.11. The van der Waals surface area contributed by atoms with Crippen LogP contribution in [0.1, 0.15) is 46.6 Å². The number of ether oxygens (including phenoxy) is 1. The van der Waals surface area contributed by atoms with Gasteiger partial charge in [-0.1, -0.05) is 41.9 Å². The van der Waals surface area contributed by atoms with Crippen LogP contribution < -0.4 is 10.1 Å². The minimum atomic E-state index is -0.0842. The molecule has 35 heavy (non-hydrogen) atoms. The highest BCUT2D eigenvalue weighted by atomic mass is 35.5. The van der Waals surface area contributed by atoms with Crippen LogP contribution in [0.2, 0.25) is 5.02 Å². The highest BCUT2D eigenvalue weighted by Crippen LogP contribution is 2.23. The van der Waals surface area contributed by atoms with Crippen molar-refractivity contribution >= 4 is 28.5 Å². The largest absolute Gasteiger partial charge is 0.493 e. The van der Waals surface area contributed by atoms with Crippen molar-refractivity contribution in [1.29, 1.82) is 0 Å². The van der Waals surface area contributed by atoms with Gasteiger partial charge in [0.05, 0.1) is 17.6 Å². The maximum Gasteiger partial charge on any atom is 0.251 e. The van der Waals surface area contributed by atoms with Crippen LogP contribution in [0.3, 0.4) is 0 Å². The Morgan fingerprint density at radius 3 is 2.46 bits per heavy atom. The number of hydrogen-bond donors (Lipinski definition) is 1. The monoisotopic (exact) mass is 489 g/mol. The fraction of sp³-hybridized carbons (Fsp3) is 0.310. The molecule has 3 aromatic carbocycles. The summed E-state index contributed by atoms with van der Waals surface area (Å²) >= 11 is 5.91. The van der Waals surface area contributed by atoms with Gasteiger partial charge in [0.15, 0.2) is 0 Å². The predicted molar refractivity (Wildman–Crippen MR) is 142 cm³/mol. The number of nitrogens with zero attached hydrogens (tertiary/aromatic N) is 2. The molecule has 0 saturated heterocycles. The van der Waals surface area contributed by atoms with E-state index in [-0.39, 0.29) is 5.91 Å². The summed E-state index contributed by atoms with van der Waals surface area (Å²) in [6.07, 6.45) is 3.59. The van der Waals surface area contributed by atoms with Gasteiger partial charge in [-0.3, -0.25) is 4.79 Å². The fourth-order valence-corrected chi connectivity index (χ4v) is 4.42. The molecule has 4 rings (SSSR count). The van der Waals surface area contributed by atoms with Gasteiger partial charge in [-0.2, -0.15) is 0 Å². The molecule has 6 heteroatoms. The van der Waals surface area contributed by atoms with Gasteiger partial charge in [-0.25, -0.2) is 4.98 Å². The molecule has 0 aliphatic carbocycles. The Hall–Kier alpha value is -3.31. The molecule has 1 aromatic heterocycles. The maximum absolute atomic E-state index is 12.3. The van der Waals surface area contributed by atoms with E-state index in [9.17, 15) is 4.79 Å². The molecule has 4 aromatic rings. The van der Waals surface area contributed by atoms with Crippen molar-refractivity contribution in [2.45, 2.75) is 46.1 Å². The topological polar surface area (TPSA) is 56.1 Å². The number of nitrogens with one attached hydrogen (secondary N) is 1. The Balaban J connectivity index is 1.30. The van der Waals surface area contributed by atoms with E-state index in [0.29, 0.717) is 23.7 Å². The van der Waals surface area contributed by atoms with E-state index in [1.54, 1.807) is 24.3 Å². The Morgan fingerprint density at radius 1 is 0.943 bits per heavy atom. The lowest BCUT2D eigenvalue weighted by molar-refractivity contribution is 0.0953. The van der Waals surface area contributed by atoms with Crippen LogP contribution >= 0.6 is 11.6 Å². The van der Waals surface area contributed by atoms with Gasteiger partial charge in [-0.15, -0.1) is 0 Å². The predicted octanol–water partition coefficient (Wildman–Crippen LogP) is 6.53. The number of rotatable bonds is 11. The number of amides is 1. The first-order chi connectivity index (χ1) is 17.0. The first kappa shape index (κ1) is 24.8. The number of fused-ring (bicyclic) bond motifs is 1. The SMILES string of the molecule is Cc1cccc(C)c1OCCCCn1c(CCCNC(=O)c2ccc(Cl)cc2)nc2ccccc21. The molecule has 1 amide bonds. The third-order valence-corrected chi connectivity index (χ3v) is 6.39. The number of para-hydroxylation sites is 3. The Morgan fingerprint density at radius 2 is 1.69 bits per heavy atom. The zero-order chi connectivity index (χ0) is 24.6. The Bertz CT molecular complexity index is 1260. The standard InChI is InChI=1S/C29H32ClN3O2/c1-21-9-7-10-22(2)28(21)35-20-6-5-19-33-26-12-4-3-11-25(26)32-27(33)13-8-18-31-29(34)23-14-16-24(30)17-15-23/h3-4,7,9-12,14-17H,5-6,8,13,18-20H2,1-2H3,(H,31,34). The van der Waals surface area contributed by atoms with Crippen LogP contribution in [-0.4, -0.2) is 28.6 Å². The van der Waals surface area contributed by atoms with Gasteiger partial charge in [-0.05, 0) is 80.6 Å². The molecule has 5 nitrogen and oxygen atoms in total. The number of carbonyl (C=O) groups is 1. The van der Waals surface area contributed by atoms with E-state index in [1.165, 1.54) is 11.1 Å². The summed E-state index contributed by atoms with van der Waals surface area (Å²) in [5.41, 5.74) is 5.14. The normalized spacial score (nSPS) is 11.1. The van der Waals surface area contributed by atoms with Crippen molar-refractivity contribution in [3.8, 4) is 5.75 Å². The molecule has 0 fully saturated rings. The molecule has 0 saturated carbocycles. The zero-order valence-corrected chi connectivity index (χ0v) is 21.1. The lowest BCUT2D eigenvalue weighted by Crippen LogP contribution is -2.25. The van der Waals surface area contributed by atoms with Gasteiger partial charge in [0, 0.05) is 30.1 Å². The summed E-state index contributed by atoms with van der Waals surface area (Å²) < 4.78 is 8.39. The number of aryl methyl sites for hydroxylation is 4. The van der Waals surface area contributed by atoms with Crippen molar-refractivity contribution in [2.75, 3.05) is 13.2 Å². The Labute approximate surface area is 212 Å². The molecule has 1 heterocycles. The molecule has 0 bridgehead atoms. The smallest absolute Gasteiger partial charge is 0.251 e. The quantitative estimate of drug-likeness (QED) is 0.244. The fourth-order valence-electron chi connectivity index (χ4n) is 4.29. The number of imidazole rings is 1. The van der Waals surface area contributed by atoms with E-state index in [0.717, 1.165) is 54.8 Å². The third-order valence-electron chi connectivity index (χ3n) is 6.13. The van der Waals surface area contributed by atoms with Crippen molar-refractivity contribution < 1.29 is 9.53 Å². The minimum absolute atomic E-state index is 0.0842. The molecule has 0 atom stereocenters. The number of hydrogen-bond acceptors (Lipinski definition) is 3. The van der Waals surface area contributed by atoms with Crippen molar-refractivity contribution in [3.63, 3.8) is 0 Å². The van der Waals surface area contributed by atoms with Crippen LogP contribution in [0.15, 0.2) is 66.7 Å². The molecule has 0 unspecified atom stereocenters. The van der Waals surface area contributed by atoms with E-state index in [1.807, 2.05) is 6.07 Å². The van der Waals surface area contributed by atoms with Crippen LogP contribution in [-0.2, 0) is 13.0 Å². The summed E-state index contributed by atoms with van der Waals surface area (Å²) in [7, 11) is 0. The Kier molecular flexibility index (Phi) is 8.43. The highest BCUT2D eigenvalue weighted by molar-refractivity contribution is 6.30. The summed E-state index contributed by atoms with van der Waals surface area (Å²) in [5, 5.41) is 3.61. The minimum Gasteiger partial charge on any atom is -0.493 e. The number of unbranched alkanes of at least 4 members (excludes halogenated alkanes) is 1. The third kappa shape index (κ3) is 6.43. The molecule has 1 N–H and O–H groups in total. The lowest BCUT2D eigenvalue weighted by Gasteiger charge is -2.13. The number of aromatic nitrogens is 2. The second-order valence-corrected chi connectivity index (χ2v) is 9.25. The summed E-state index contributed by atoms with van der Waals surface area (Å²) in [5.74, 6) is 1.98. The van der Waals surface area contributed by atoms with Crippen molar-refractivity contribution in [2.24, 2.45) is 0 Å². The van der Waals surface area contributed by atoms with Gasteiger partial charge in [0.1, 0.15) is 11.6 Å². The van der Waals surface area contributed by atoms with Gasteiger partial charge in [0.2, 0.25) is 0 Å².